The quantitative estimate of drug-likeness (QED) is 0.339. The molecule has 34 heavy (non-hydrogen) atoms. The molecule has 174 valence electrons. The van der Waals surface area contributed by atoms with E-state index in [0.29, 0.717) is 17.7 Å². The van der Waals surface area contributed by atoms with E-state index in [-0.39, 0.29) is 0 Å². The number of aromatic amines is 2. The Hall–Kier alpha value is -3.72. The van der Waals surface area contributed by atoms with E-state index in [1.807, 2.05) is 30.6 Å². The second kappa shape index (κ2) is 9.26. The minimum atomic E-state index is -3.27. The van der Waals surface area contributed by atoms with Gasteiger partial charge in [0.2, 0.25) is 0 Å². The summed E-state index contributed by atoms with van der Waals surface area (Å²) in [6.45, 7) is 0.755. The molecule has 0 aliphatic carbocycles. The van der Waals surface area contributed by atoms with Crippen molar-refractivity contribution in [2.75, 3.05) is 6.26 Å². The summed E-state index contributed by atoms with van der Waals surface area (Å²) in [6, 6.07) is 15.3. The van der Waals surface area contributed by atoms with E-state index in [9.17, 15) is 8.42 Å². The molecule has 0 atom stereocenters. The number of para-hydroxylation sites is 1. The molecule has 0 fully saturated rings. The van der Waals surface area contributed by atoms with Crippen molar-refractivity contribution in [2.24, 2.45) is 0 Å². The molecule has 2 N–H and O–H groups in total. The van der Waals surface area contributed by atoms with Gasteiger partial charge in [0.1, 0.15) is 11.6 Å². The highest BCUT2D eigenvalue weighted by atomic mass is 32.2. The molecule has 3 heterocycles. The van der Waals surface area contributed by atoms with Gasteiger partial charge in [-0.15, -0.1) is 10.2 Å². The molecule has 0 saturated carbocycles. The largest absolute Gasteiger partial charge is 0.361 e. The van der Waals surface area contributed by atoms with E-state index < -0.39 is 9.84 Å². The first-order chi connectivity index (χ1) is 16.5. The number of rotatable bonds is 9. The lowest BCUT2D eigenvalue weighted by atomic mass is 10.1. The van der Waals surface area contributed by atoms with Crippen LogP contribution in [0, 0.1) is 0 Å². The summed E-state index contributed by atoms with van der Waals surface area (Å²) in [6.07, 6.45) is 9.73. The number of H-pyrrole nitrogens is 2. The van der Waals surface area contributed by atoms with Gasteiger partial charge in [-0.2, -0.15) is 0 Å². The molecule has 0 unspecified atom stereocenters. The molecule has 2 aromatic carbocycles. The summed E-state index contributed by atoms with van der Waals surface area (Å²) in [5, 5.41) is 10.2. The Labute approximate surface area is 198 Å². The summed E-state index contributed by atoms with van der Waals surface area (Å²) in [4.78, 5) is 10.9. The molecule has 5 aromatic rings. The number of nitrogens with zero attached hydrogens (tertiary/aromatic N) is 4. The van der Waals surface area contributed by atoms with Crippen molar-refractivity contribution in [2.45, 2.75) is 37.1 Å². The number of nitrogens with one attached hydrogen (secondary N) is 2. The Morgan fingerprint density at radius 3 is 2.59 bits per heavy atom. The van der Waals surface area contributed by atoms with Gasteiger partial charge in [-0.05, 0) is 42.2 Å². The van der Waals surface area contributed by atoms with Crippen LogP contribution in [0.5, 0.6) is 0 Å². The van der Waals surface area contributed by atoms with Gasteiger partial charge in [0, 0.05) is 54.6 Å². The van der Waals surface area contributed by atoms with Crippen molar-refractivity contribution < 1.29 is 8.42 Å². The number of aryl methyl sites for hydroxylation is 1. The minimum absolute atomic E-state index is 0.314. The third-order valence-corrected chi connectivity index (χ3v) is 7.11. The SMILES string of the molecule is CS(=O)(=O)c1cccc(Cc2nnc(Cc3c[nH]c4ccccc34)n2CCCc2cnc[nH]2)c1. The van der Waals surface area contributed by atoms with Crippen LogP contribution in [0.2, 0.25) is 0 Å². The Morgan fingerprint density at radius 1 is 0.971 bits per heavy atom. The molecular weight excluding hydrogens is 448 g/mol. The summed E-state index contributed by atoms with van der Waals surface area (Å²) in [5.41, 5.74) is 4.25. The fourth-order valence-electron chi connectivity index (χ4n) is 4.26. The topological polar surface area (TPSA) is 109 Å². The molecule has 0 spiro atoms. The molecule has 5 rings (SSSR count). The van der Waals surface area contributed by atoms with Crippen LogP contribution in [-0.4, -0.2) is 44.4 Å². The van der Waals surface area contributed by atoms with E-state index in [0.717, 1.165) is 47.8 Å². The van der Waals surface area contributed by atoms with E-state index in [2.05, 4.69) is 41.8 Å². The van der Waals surface area contributed by atoms with Crippen LogP contribution in [0.25, 0.3) is 10.9 Å². The van der Waals surface area contributed by atoms with E-state index in [4.69, 9.17) is 0 Å². The number of fused-ring (bicyclic) bond motifs is 1. The zero-order valence-electron chi connectivity index (χ0n) is 18.9. The summed E-state index contributed by atoms with van der Waals surface area (Å²) >= 11 is 0. The summed E-state index contributed by atoms with van der Waals surface area (Å²) in [7, 11) is -3.27. The fourth-order valence-corrected chi connectivity index (χ4v) is 4.95. The zero-order chi connectivity index (χ0) is 23.5. The normalized spacial score (nSPS) is 11.9. The summed E-state index contributed by atoms with van der Waals surface area (Å²) in [5.74, 6) is 1.72. The number of benzene rings is 2. The smallest absolute Gasteiger partial charge is 0.175 e. The Morgan fingerprint density at radius 2 is 1.79 bits per heavy atom. The van der Waals surface area contributed by atoms with Crippen LogP contribution >= 0.6 is 0 Å². The van der Waals surface area contributed by atoms with Crippen LogP contribution < -0.4 is 0 Å². The summed E-state index contributed by atoms with van der Waals surface area (Å²) < 4.78 is 26.2. The van der Waals surface area contributed by atoms with Crippen LogP contribution in [0.3, 0.4) is 0 Å². The lowest BCUT2D eigenvalue weighted by Crippen LogP contribution is -2.10. The van der Waals surface area contributed by atoms with Crippen molar-refractivity contribution >= 4 is 20.7 Å². The lowest BCUT2D eigenvalue weighted by molar-refractivity contribution is 0.593. The van der Waals surface area contributed by atoms with Crippen molar-refractivity contribution in [1.82, 2.24) is 29.7 Å². The first-order valence-electron chi connectivity index (χ1n) is 11.2. The molecule has 0 bridgehead atoms. The molecule has 3 aromatic heterocycles. The highest BCUT2D eigenvalue weighted by Gasteiger charge is 2.16. The molecular formula is C25H26N6O2S. The van der Waals surface area contributed by atoms with Crippen LogP contribution in [0.1, 0.15) is 34.9 Å². The molecule has 0 aliphatic heterocycles. The molecule has 0 radical (unpaired) electrons. The highest BCUT2D eigenvalue weighted by Crippen LogP contribution is 2.22. The van der Waals surface area contributed by atoms with Gasteiger partial charge >= 0.3 is 0 Å². The Kier molecular flexibility index (Phi) is 6.02. The van der Waals surface area contributed by atoms with Gasteiger partial charge in [0.25, 0.3) is 0 Å². The Balaban J connectivity index is 1.44. The zero-order valence-corrected chi connectivity index (χ0v) is 19.7. The minimum Gasteiger partial charge on any atom is -0.361 e. The third kappa shape index (κ3) is 4.79. The molecule has 9 heteroatoms. The van der Waals surface area contributed by atoms with Crippen molar-refractivity contribution in [3.8, 4) is 0 Å². The van der Waals surface area contributed by atoms with Gasteiger partial charge < -0.3 is 14.5 Å². The average Bonchev–Trinajstić information content (AvgIpc) is 3.56. The second-order valence-corrected chi connectivity index (χ2v) is 10.5. The number of aromatic nitrogens is 6. The molecule has 0 aliphatic rings. The van der Waals surface area contributed by atoms with Gasteiger partial charge in [-0.3, -0.25) is 0 Å². The van der Waals surface area contributed by atoms with E-state index in [1.54, 1.807) is 24.5 Å². The second-order valence-electron chi connectivity index (χ2n) is 8.50. The average molecular weight is 475 g/mol. The van der Waals surface area contributed by atoms with E-state index in [1.165, 1.54) is 17.2 Å². The Bertz CT molecular complexity index is 1520. The van der Waals surface area contributed by atoms with Crippen molar-refractivity contribution in [1.29, 1.82) is 0 Å². The van der Waals surface area contributed by atoms with Gasteiger partial charge in [-0.25, -0.2) is 13.4 Å². The third-order valence-electron chi connectivity index (χ3n) is 6.00. The van der Waals surface area contributed by atoms with Crippen LogP contribution in [-0.2, 0) is 35.6 Å². The van der Waals surface area contributed by atoms with Gasteiger partial charge in [0.15, 0.2) is 9.84 Å². The first kappa shape index (κ1) is 22.1. The fraction of sp³-hybridized carbons (Fsp3) is 0.240. The van der Waals surface area contributed by atoms with Crippen molar-refractivity contribution in [3.05, 3.63) is 95.7 Å². The predicted molar refractivity (Wildman–Crippen MR) is 130 cm³/mol. The number of sulfone groups is 1. The standard InChI is InChI=1S/C25H26N6O2S/c1-34(32,33)21-8-4-6-18(12-21)13-24-29-30-25(31(24)11-5-7-20-16-26-17-28-20)14-19-15-27-23-10-3-2-9-22(19)23/h2-4,6,8-10,12,15-17,27H,5,7,11,13-14H2,1H3,(H,26,28). The highest BCUT2D eigenvalue weighted by molar-refractivity contribution is 7.90. The maximum absolute atomic E-state index is 12.0. The number of imidazole rings is 1. The number of hydrogen-bond acceptors (Lipinski definition) is 5. The molecule has 8 nitrogen and oxygen atoms in total. The maximum atomic E-state index is 12.0. The van der Waals surface area contributed by atoms with Gasteiger partial charge in [-0.1, -0.05) is 30.3 Å². The van der Waals surface area contributed by atoms with Crippen LogP contribution in [0.4, 0.5) is 0 Å². The number of hydrogen-bond donors (Lipinski definition) is 2. The predicted octanol–water partition coefficient (Wildman–Crippen LogP) is 3.70. The van der Waals surface area contributed by atoms with Crippen LogP contribution in [0.15, 0.2) is 72.1 Å². The monoisotopic (exact) mass is 474 g/mol. The lowest BCUT2D eigenvalue weighted by Gasteiger charge is -2.11. The van der Waals surface area contributed by atoms with E-state index >= 15 is 0 Å². The first-order valence-corrected chi connectivity index (χ1v) is 13.1. The molecule has 0 amide bonds. The molecule has 0 saturated heterocycles. The van der Waals surface area contributed by atoms with Crippen molar-refractivity contribution in [3.63, 3.8) is 0 Å². The maximum Gasteiger partial charge on any atom is 0.175 e. The van der Waals surface area contributed by atoms with Gasteiger partial charge in [0.05, 0.1) is 11.2 Å².